The highest BCUT2D eigenvalue weighted by Crippen LogP contribution is 2.66. The third kappa shape index (κ3) is 2.65. The molecule has 2 aliphatic rings. The van der Waals surface area contributed by atoms with Crippen LogP contribution in [0.5, 0.6) is 0 Å². The van der Waals surface area contributed by atoms with Gasteiger partial charge in [0.1, 0.15) is 0 Å². The van der Waals surface area contributed by atoms with Crippen LogP contribution in [0.15, 0.2) is 0 Å². The summed E-state index contributed by atoms with van der Waals surface area (Å²) in [5.41, 5.74) is -3.01. The quantitative estimate of drug-likeness (QED) is 0.538. The Morgan fingerprint density at radius 2 is 1.58 bits per heavy atom. The molecule has 5 atom stereocenters. The summed E-state index contributed by atoms with van der Waals surface area (Å²) in [5, 5.41) is 0. The first-order valence-corrected chi connectivity index (χ1v) is 7.33. The van der Waals surface area contributed by atoms with Crippen molar-refractivity contribution in [2.45, 2.75) is 45.0 Å². The molecule has 0 N–H and O–H groups in total. The molecule has 2 fully saturated rings. The van der Waals surface area contributed by atoms with Gasteiger partial charge in [-0.25, -0.2) is 0 Å². The van der Waals surface area contributed by atoms with Gasteiger partial charge >= 0.3 is 24.2 Å². The number of halogens is 8. The van der Waals surface area contributed by atoms with E-state index in [0.717, 1.165) is 0 Å². The average molecular weight is 368 g/mol. The summed E-state index contributed by atoms with van der Waals surface area (Å²) < 4.78 is 107. The smallest absolute Gasteiger partial charge is 0.456 e. The van der Waals surface area contributed by atoms with Gasteiger partial charge < -0.3 is 4.74 Å². The molecular weight excluding hydrogens is 352 g/mol. The van der Waals surface area contributed by atoms with E-state index in [4.69, 9.17) is 0 Å². The topological polar surface area (TPSA) is 26.3 Å². The van der Waals surface area contributed by atoms with E-state index in [1.165, 1.54) is 6.92 Å². The van der Waals surface area contributed by atoms with Crippen molar-refractivity contribution >= 4 is 5.97 Å². The second-order valence-electron chi connectivity index (χ2n) is 6.77. The number of hydrogen-bond acceptors (Lipinski definition) is 2. The summed E-state index contributed by atoms with van der Waals surface area (Å²) in [7, 11) is 0. The van der Waals surface area contributed by atoms with Crippen molar-refractivity contribution < 1.29 is 44.7 Å². The van der Waals surface area contributed by atoms with Crippen LogP contribution in [0.3, 0.4) is 0 Å². The molecule has 0 heterocycles. The van der Waals surface area contributed by atoms with Crippen LogP contribution in [-0.2, 0) is 9.53 Å². The van der Waals surface area contributed by atoms with E-state index in [1.54, 1.807) is 6.92 Å². The van der Waals surface area contributed by atoms with Crippen LogP contribution in [0, 0.1) is 29.1 Å². The van der Waals surface area contributed by atoms with E-state index < -0.39 is 60.4 Å². The van der Waals surface area contributed by atoms with Crippen LogP contribution in [0.2, 0.25) is 0 Å². The molecule has 140 valence electrons. The Balaban J connectivity index is 2.24. The van der Waals surface area contributed by atoms with Gasteiger partial charge in [0.15, 0.2) is 12.0 Å². The molecule has 0 aromatic rings. The lowest BCUT2D eigenvalue weighted by atomic mass is 9.65. The van der Waals surface area contributed by atoms with E-state index >= 15 is 0 Å². The zero-order chi connectivity index (χ0) is 18.7. The SMILES string of the molecule is CC1C2CC(C1C)C(C(=O)OCC(F)(F)C(F)(F)F)(C(F)(F)F)C2. The zero-order valence-electron chi connectivity index (χ0n) is 12.8. The summed E-state index contributed by atoms with van der Waals surface area (Å²) >= 11 is 0. The largest absolute Gasteiger partial charge is 0.458 e. The predicted molar refractivity (Wildman–Crippen MR) is 65.0 cm³/mol. The normalized spacial score (nSPS) is 36.9. The second kappa shape index (κ2) is 5.45. The molecule has 2 bridgehead atoms. The van der Waals surface area contributed by atoms with Crippen molar-refractivity contribution in [3.05, 3.63) is 0 Å². The van der Waals surface area contributed by atoms with Gasteiger partial charge in [0.2, 0.25) is 0 Å². The third-order valence-electron chi connectivity index (χ3n) is 5.65. The molecule has 0 radical (unpaired) electrons. The molecule has 2 rings (SSSR count). The molecule has 24 heavy (non-hydrogen) atoms. The van der Waals surface area contributed by atoms with Crippen molar-refractivity contribution in [3.8, 4) is 0 Å². The molecule has 5 unspecified atom stereocenters. The minimum atomic E-state index is -6.00. The number of alkyl halides is 8. The molecule has 0 aliphatic heterocycles. The van der Waals surface area contributed by atoms with Crippen LogP contribution in [-0.4, -0.2) is 30.9 Å². The van der Waals surface area contributed by atoms with Crippen molar-refractivity contribution in [2.75, 3.05) is 6.61 Å². The van der Waals surface area contributed by atoms with Crippen molar-refractivity contribution in [2.24, 2.45) is 29.1 Å². The van der Waals surface area contributed by atoms with Crippen LogP contribution in [0.1, 0.15) is 26.7 Å². The Bertz CT molecular complexity index is 510. The van der Waals surface area contributed by atoms with Gasteiger partial charge in [-0.05, 0) is 36.5 Å². The fourth-order valence-corrected chi connectivity index (χ4v) is 4.08. The maximum atomic E-state index is 13.6. The highest BCUT2D eigenvalue weighted by Gasteiger charge is 2.73. The lowest BCUT2D eigenvalue weighted by Gasteiger charge is -2.42. The number of hydrogen-bond donors (Lipinski definition) is 0. The summed E-state index contributed by atoms with van der Waals surface area (Å²) in [6.07, 6.45) is -11.6. The zero-order valence-corrected chi connectivity index (χ0v) is 12.8. The highest BCUT2D eigenvalue weighted by molar-refractivity contribution is 5.79. The summed E-state index contributed by atoms with van der Waals surface area (Å²) in [6, 6.07) is 0. The number of ether oxygens (including phenoxy) is 1. The predicted octanol–water partition coefficient (Wildman–Crippen LogP) is 4.59. The van der Waals surface area contributed by atoms with Gasteiger partial charge in [0, 0.05) is 0 Å². The molecule has 10 heteroatoms. The maximum absolute atomic E-state index is 13.6. The molecule has 2 nitrogen and oxygen atoms in total. The van der Waals surface area contributed by atoms with Crippen molar-refractivity contribution in [1.82, 2.24) is 0 Å². The molecule has 0 spiro atoms. The number of carbonyl (C=O) groups is 1. The number of rotatable bonds is 3. The van der Waals surface area contributed by atoms with E-state index in [2.05, 4.69) is 4.74 Å². The van der Waals surface area contributed by atoms with E-state index in [0.29, 0.717) is 0 Å². The van der Waals surface area contributed by atoms with Crippen molar-refractivity contribution in [1.29, 1.82) is 0 Å². The Hall–Kier alpha value is -1.09. The van der Waals surface area contributed by atoms with Gasteiger partial charge in [-0.1, -0.05) is 13.8 Å². The lowest BCUT2D eigenvalue weighted by Crippen LogP contribution is -2.54. The Morgan fingerprint density at radius 1 is 1.04 bits per heavy atom. The average Bonchev–Trinajstić information content (AvgIpc) is 2.93. The van der Waals surface area contributed by atoms with E-state index in [9.17, 15) is 39.9 Å². The fourth-order valence-electron chi connectivity index (χ4n) is 4.08. The van der Waals surface area contributed by atoms with Crippen LogP contribution in [0.25, 0.3) is 0 Å². The first kappa shape index (κ1) is 19.2. The summed E-state index contributed by atoms with van der Waals surface area (Å²) in [5.74, 6) is -9.65. The van der Waals surface area contributed by atoms with E-state index in [-0.39, 0.29) is 12.3 Å². The third-order valence-corrected chi connectivity index (χ3v) is 5.65. The minimum Gasteiger partial charge on any atom is -0.458 e. The molecule has 2 aliphatic carbocycles. The molecular formula is C14H16F8O2. The lowest BCUT2D eigenvalue weighted by molar-refractivity contribution is -0.300. The Labute approximate surface area is 132 Å². The van der Waals surface area contributed by atoms with Crippen LogP contribution < -0.4 is 0 Å². The summed E-state index contributed by atoms with van der Waals surface area (Å²) in [4.78, 5) is 12.0. The van der Waals surface area contributed by atoms with Crippen molar-refractivity contribution in [3.63, 3.8) is 0 Å². The van der Waals surface area contributed by atoms with Gasteiger partial charge in [0.25, 0.3) is 0 Å². The van der Waals surface area contributed by atoms with Crippen LogP contribution in [0.4, 0.5) is 35.1 Å². The number of esters is 1. The molecule has 0 aromatic carbocycles. The van der Waals surface area contributed by atoms with Gasteiger partial charge in [-0.3, -0.25) is 4.79 Å². The van der Waals surface area contributed by atoms with E-state index in [1.807, 2.05) is 0 Å². The number of carbonyl (C=O) groups excluding carboxylic acids is 1. The first-order chi connectivity index (χ1) is 10.6. The maximum Gasteiger partial charge on any atom is 0.456 e. The molecule has 2 saturated carbocycles. The first-order valence-electron chi connectivity index (χ1n) is 7.33. The van der Waals surface area contributed by atoms with Gasteiger partial charge in [0.05, 0.1) is 0 Å². The van der Waals surface area contributed by atoms with Gasteiger partial charge in [-0.2, -0.15) is 35.1 Å². The fraction of sp³-hybridized carbons (Fsp3) is 0.929. The molecule has 0 amide bonds. The van der Waals surface area contributed by atoms with Gasteiger partial charge in [-0.15, -0.1) is 0 Å². The minimum absolute atomic E-state index is 0.0760. The standard InChI is InChI=1S/C14H16F8O2/c1-6-7(2)9-3-8(6)4-11(9,13(17,18)19)10(23)24-5-12(15,16)14(20,21)22/h6-9H,3-5H2,1-2H3. The monoisotopic (exact) mass is 368 g/mol. The molecule has 0 aromatic heterocycles. The summed E-state index contributed by atoms with van der Waals surface area (Å²) in [6.45, 7) is 0.805. The second-order valence-corrected chi connectivity index (χ2v) is 6.77. The Kier molecular flexibility index (Phi) is 4.37. The van der Waals surface area contributed by atoms with Crippen LogP contribution >= 0.6 is 0 Å². The highest BCUT2D eigenvalue weighted by atomic mass is 19.4. The Morgan fingerprint density at radius 3 is 1.96 bits per heavy atom. The molecule has 0 saturated heterocycles. The number of fused-ring (bicyclic) bond motifs is 2.